The SMILES string of the molecule is CN(C)S(=O)(=O)c1ccc(-c2cc(C(=O)O)ccn2)cc1. The van der Waals surface area contributed by atoms with Gasteiger partial charge >= 0.3 is 5.97 Å². The van der Waals surface area contributed by atoms with Gasteiger partial charge in [-0.3, -0.25) is 4.98 Å². The van der Waals surface area contributed by atoms with Crippen molar-refractivity contribution < 1.29 is 18.3 Å². The Kier molecular flexibility index (Phi) is 4.06. The van der Waals surface area contributed by atoms with Gasteiger partial charge in [-0.1, -0.05) is 12.1 Å². The Morgan fingerprint density at radius 3 is 2.29 bits per heavy atom. The van der Waals surface area contributed by atoms with E-state index >= 15 is 0 Å². The Balaban J connectivity index is 2.40. The van der Waals surface area contributed by atoms with Crippen LogP contribution in [0, 0.1) is 0 Å². The van der Waals surface area contributed by atoms with E-state index in [4.69, 9.17) is 5.11 Å². The van der Waals surface area contributed by atoms with Gasteiger partial charge in [0.25, 0.3) is 0 Å². The normalized spacial score (nSPS) is 11.6. The molecule has 6 nitrogen and oxygen atoms in total. The molecule has 0 unspecified atom stereocenters. The Bertz CT molecular complexity index is 768. The standard InChI is InChI=1S/C14H14N2O4S/c1-16(2)21(19,20)12-5-3-10(4-6-12)13-9-11(14(17)18)7-8-15-13/h3-9H,1-2H3,(H,17,18). The maximum atomic E-state index is 12.0. The molecule has 110 valence electrons. The van der Waals surface area contributed by atoms with Crippen LogP contribution >= 0.6 is 0 Å². The molecule has 0 aliphatic carbocycles. The maximum absolute atomic E-state index is 12.0. The van der Waals surface area contributed by atoms with Gasteiger partial charge < -0.3 is 5.11 Å². The molecule has 1 heterocycles. The summed E-state index contributed by atoms with van der Waals surface area (Å²) < 4.78 is 25.0. The second-order valence-corrected chi connectivity index (χ2v) is 6.70. The molecule has 2 rings (SSSR count). The molecule has 0 saturated heterocycles. The first kappa shape index (κ1) is 15.1. The molecule has 1 aromatic carbocycles. The van der Waals surface area contributed by atoms with Gasteiger partial charge in [-0.05, 0) is 24.3 Å². The molecule has 0 saturated carbocycles. The topological polar surface area (TPSA) is 87.6 Å². The average Bonchev–Trinajstić information content (AvgIpc) is 2.47. The highest BCUT2D eigenvalue weighted by atomic mass is 32.2. The summed E-state index contributed by atoms with van der Waals surface area (Å²) in [6, 6.07) is 8.99. The number of hydrogen-bond donors (Lipinski definition) is 1. The van der Waals surface area contributed by atoms with Crippen molar-refractivity contribution in [3.63, 3.8) is 0 Å². The minimum Gasteiger partial charge on any atom is -0.478 e. The lowest BCUT2D eigenvalue weighted by Gasteiger charge is -2.11. The summed E-state index contributed by atoms with van der Waals surface area (Å²) in [6.07, 6.45) is 1.41. The van der Waals surface area contributed by atoms with Crippen LogP contribution in [-0.2, 0) is 10.0 Å². The van der Waals surface area contributed by atoms with Gasteiger partial charge in [0.05, 0.1) is 16.2 Å². The molecule has 2 aromatic rings. The Labute approximate surface area is 122 Å². The van der Waals surface area contributed by atoms with Crippen molar-refractivity contribution in [3.8, 4) is 11.3 Å². The fourth-order valence-electron chi connectivity index (χ4n) is 1.73. The van der Waals surface area contributed by atoms with E-state index in [9.17, 15) is 13.2 Å². The summed E-state index contributed by atoms with van der Waals surface area (Å²) in [7, 11) is -0.560. The number of hydrogen-bond acceptors (Lipinski definition) is 4. The monoisotopic (exact) mass is 306 g/mol. The zero-order valence-corrected chi connectivity index (χ0v) is 12.3. The summed E-state index contributed by atoms with van der Waals surface area (Å²) >= 11 is 0. The number of carboxylic acids is 1. The number of benzene rings is 1. The van der Waals surface area contributed by atoms with Gasteiger partial charge in [-0.2, -0.15) is 0 Å². The van der Waals surface area contributed by atoms with Crippen molar-refractivity contribution in [1.29, 1.82) is 0 Å². The van der Waals surface area contributed by atoms with E-state index < -0.39 is 16.0 Å². The summed E-state index contributed by atoms with van der Waals surface area (Å²) in [6.45, 7) is 0. The van der Waals surface area contributed by atoms with E-state index in [-0.39, 0.29) is 10.5 Å². The van der Waals surface area contributed by atoms with Gasteiger partial charge in [-0.25, -0.2) is 17.5 Å². The van der Waals surface area contributed by atoms with Crippen LogP contribution in [0.5, 0.6) is 0 Å². The van der Waals surface area contributed by atoms with Crippen molar-refractivity contribution in [1.82, 2.24) is 9.29 Å². The molecule has 0 bridgehead atoms. The smallest absolute Gasteiger partial charge is 0.335 e. The van der Waals surface area contributed by atoms with Crippen LogP contribution < -0.4 is 0 Å². The van der Waals surface area contributed by atoms with E-state index in [1.165, 1.54) is 44.6 Å². The molecule has 7 heteroatoms. The largest absolute Gasteiger partial charge is 0.478 e. The molecule has 0 radical (unpaired) electrons. The van der Waals surface area contributed by atoms with Gasteiger partial charge in [-0.15, -0.1) is 0 Å². The van der Waals surface area contributed by atoms with Crippen LogP contribution in [-0.4, -0.2) is 42.9 Å². The molecule has 0 fully saturated rings. The van der Waals surface area contributed by atoms with Gasteiger partial charge in [0.1, 0.15) is 0 Å². The van der Waals surface area contributed by atoms with Crippen LogP contribution in [0.15, 0.2) is 47.5 Å². The van der Waals surface area contributed by atoms with E-state index in [1.807, 2.05) is 0 Å². The van der Waals surface area contributed by atoms with Crippen molar-refractivity contribution >= 4 is 16.0 Å². The molecular weight excluding hydrogens is 292 g/mol. The zero-order valence-electron chi connectivity index (χ0n) is 11.5. The predicted molar refractivity (Wildman–Crippen MR) is 77.5 cm³/mol. The second kappa shape index (κ2) is 5.63. The molecule has 0 spiro atoms. The molecule has 21 heavy (non-hydrogen) atoms. The predicted octanol–water partition coefficient (Wildman–Crippen LogP) is 1.70. The van der Waals surface area contributed by atoms with Crippen LogP contribution in [0.25, 0.3) is 11.3 Å². The van der Waals surface area contributed by atoms with Crippen LogP contribution in [0.4, 0.5) is 0 Å². The molecule has 0 aliphatic heterocycles. The number of pyridine rings is 1. The molecule has 0 atom stereocenters. The lowest BCUT2D eigenvalue weighted by Crippen LogP contribution is -2.22. The summed E-state index contributed by atoms with van der Waals surface area (Å²) in [5, 5.41) is 8.96. The van der Waals surface area contributed by atoms with E-state index in [2.05, 4.69) is 4.98 Å². The van der Waals surface area contributed by atoms with Crippen LogP contribution in [0.2, 0.25) is 0 Å². The van der Waals surface area contributed by atoms with Crippen molar-refractivity contribution in [2.24, 2.45) is 0 Å². The Hall–Kier alpha value is -2.25. The third-order valence-electron chi connectivity index (χ3n) is 2.94. The zero-order chi connectivity index (χ0) is 15.6. The van der Waals surface area contributed by atoms with E-state index in [1.54, 1.807) is 12.1 Å². The molecule has 1 aromatic heterocycles. The summed E-state index contributed by atoms with van der Waals surface area (Å²) in [4.78, 5) is 15.2. The molecule has 0 amide bonds. The number of aromatic nitrogens is 1. The van der Waals surface area contributed by atoms with Gasteiger partial charge in [0, 0.05) is 25.9 Å². The van der Waals surface area contributed by atoms with Gasteiger partial charge in [0.15, 0.2) is 0 Å². The minimum atomic E-state index is -3.48. The quantitative estimate of drug-likeness (QED) is 0.929. The molecular formula is C14H14N2O4S. The fourth-order valence-corrected chi connectivity index (χ4v) is 2.63. The van der Waals surface area contributed by atoms with E-state index in [0.717, 1.165) is 4.31 Å². The first-order valence-electron chi connectivity index (χ1n) is 6.04. The highest BCUT2D eigenvalue weighted by molar-refractivity contribution is 7.89. The van der Waals surface area contributed by atoms with Gasteiger partial charge in [0.2, 0.25) is 10.0 Å². The summed E-state index contributed by atoms with van der Waals surface area (Å²) in [5.41, 5.74) is 1.25. The summed E-state index contributed by atoms with van der Waals surface area (Å²) in [5.74, 6) is -1.04. The number of carbonyl (C=O) groups is 1. The van der Waals surface area contributed by atoms with Crippen molar-refractivity contribution in [3.05, 3.63) is 48.2 Å². The van der Waals surface area contributed by atoms with E-state index in [0.29, 0.717) is 11.3 Å². The average molecular weight is 306 g/mol. The van der Waals surface area contributed by atoms with Crippen LogP contribution in [0.3, 0.4) is 0 Å². The number of aromatic carboxylic acids is 1. The van der Waals surface area contributed by atoms with Crippen molar-refractivity contribution in [2.45, 2.75) is 4.90 Å². The Morgan fingerprint density at radius 1 is 1.14 bits per heavy atom. The Morgan fingerprint density at radius 2 is 1.76 bits per heavy atom. The lowest BCUT2D eigenvalue weighted by molar-refractivity contribution is 0.0697. The third-order valence-corrected chi connectivity index (χ3v) is 4.76. The van der Waals surface area contributed by atoms with Crippen LogP contribution in [0.1, 0.15) is 10.4 Å². The number of carboxylic acid groups (broad SMARTS) is 1. The number of sulfonamides is 1. The fraction of sp³-hybridized carbons (Fsp3) is 0.143. The first-order valence-corrected chi connectivity index (χ1v) is 7.48. The highest BCUT2D eigenvalue weighted by Crippen LogP contribution is 2.21. The maximum Gasteiger partial charge on any atom is 0.335 e. The second-order valence-electron chi connectivity index (χ2n) is 4.55. The molecule has 1 N–H and O–H groups in total. The molecule has 0 aliphatic rings. The highest BCUT2D eigenvalue weighted by Gasteiger charge is 2.17. The number of nitrogens with zero attached hydrogens (tertiary/aromatic N) is 2. The minimum absolute atomic E-state index is 0.130. The third kappa shape index (κ3) is 3.09. The van der Waals surface area contributed by atoms with Crippen molar-refractivity contribution in [2.75, 3.05) is 14.1 Å². The first-order chi connectivity index (χ1) is 9.82. The number of rotatable bonds is 4. The lowest BCUT2D eigenvalue weighted by atomic mass is 10.1.